The first-order valence-electron chi connectivity index (χ1n) is 6.49. The number of aromatic nitrogens is 2. The molecule has 0 saturated carbocycles. The molecule has 0 bridgehead atoms. The summed E-state index contributed by atoms with van der Waals surface area (Å²) in [5.41, 5.74) is 1.85. The molecule has 3 rings (SSSR count). The van der Waals surface area contributed by atoms with Crippen molar-refractivity contribution >= 4 is 16.9 Å². The number of hydrogen-bond donors (Lipinski definition) is 1. The first-order chi connectivity index (χ1) is 8.92. The molecule has 94 valence electrons. The molecule has 4 heteroatoms. The summed E-state index contributed by atoms with van der Waals surface area (Å²) in [5.74, 6) is 0.822. The Labute approximate surface area is 106 Å². The van der Waals surface area contributed by atoms with Crippen molar-refractivity contribution in [2.75, 3.05) is 18.5 Å². The van der Waals surface area contributed by atoms with E-state index < -0.39 is 0 Å². The third-order valence-electron chi connectivity index (χ3n) is 3.23. The molecule has 1 unspecified atom stereocenters. The molecule has 1 atom stereocenters. The highest BCUT2D eigenvalue weighted by Gasteiger charge is 2.13. The predicted molar refractivity (Wildman–Crippen MR) is 71.6 cm³/mol. The fourth-order valence-electron chi connectivity index (χ4n) is 2.23. The molecule has 1 aromatic carbocycles. The van der Waals surface area contributed by atoms with Crippen LogP contribution in [0.25, 0.3) is 11.0 Å². The second-order valence-corrected chi connectivity index (χ2v) is 4.61. The number of benzene rings is 1. The van der Waals surface area contributed by atoms with E-state index in [1.807, 2.05) is 24.3 Å². The fraction of sp³-hybridized carbons (Fsp3) is 0.429. The van der Waals surface area contributed by atoms with Crippen LogP contribution in [0.5, 0.6) is 0 Å². The molecule has 1 N–H and O–H groups in total. The zero-order valence-corrected chi connectivity index (χ0v) is 10.3. The lowest BCUT2D eigenvalue weighted by molar-refractivity contribution is 0.0247. The van der Waals surface area contributed by atoms with E-state index in [4.69, 9.17) is 4.74 Å². The number of rotatable bonds is 3. The Morgan fingerprint density at radius 3 is 2.94 bits per heavy atom. The highest BCUT2D eigenvalue weighted by atomic mass is 16.5. The van der Waals surface area contributed by atoms with Crippen LogP contribution in [0.15, 0.2) is 30.5 Å². The molecule has 18 heavy (non-hydrogen) atoms. The highest BCUT2D eigenvalue weighted by molar-refractivity contribution is 5.75. The SMILES string of the molecule is c1ccc2nc(NCC3CCCCO3)cnc2c1. The van der Waals surface area contributed by atoms with Crippen LogP contribution >= 0.6 is 0 Å². The van der Waals surface area contributed by atoms with Crippen molar-refractivity contribution in [1.29, 1.82) is 0 Å². The van der Waals surface area contributed by atoms with E-state index in [2.05, 4.69) is 15.3 Å². The number of para-hydroxylation sites is 2. The summed E-state index contributed by atoms with van der Waals surface area (Å²) in [4.78, 5) is 8.91. The average Bonchev–Trinajstić information content (AvgIpc) is 2.46. The van der Waals surface area contributed by atoms with Crippen molar-refractivity contribution in [3.63, 3.8) is 0 Å². The second kappa shape index (κ2) is 5.31. The standard InChI is InChI=1S/C14H17N3O/c1-2-7-13-12(6-1)15-10-14(17-13)16-9-11-5-3-4-8-18-11/h1-2,6-7,10-11H,3-5,8-9H2,(H,16,17). The van der Waals surface area contributed by atoms with E-state index in [1.165, 1.54) is 12.8 Å². The van der Waals surface area contributed by atoms with Gasteiger partial charge in [-0.25, -0.2) is 4.98 Å². The molecule has 1 aliphatic heterocycles. The normalized spacial score (nSPS) is 19.9. The van der Waals surface area contributed by atoms with E-state index in [-0.39, 0.29) is 0 Å². The zero-order chi connectivity index (χ0) is 12.2. The number of nitrogens with zero attached hydrogens (tertiary/aromatic N) is 2. The summed E-state index contributed by atoms with van der Waals surface area (Å²) in [7, 11) is 0. The molecule has 1 aromatic heterocycles. The van der Waals surface area contributed by atoms with Crippen LogP contribution in [-0.4, -0.2) is 29.2 Å². The highest BCUT2D eigenvalue weighted by Crippen LogP contribution is 2.15. The van der Waals surface area contributed by atoms with E-state index in [0.717, 1.165) is 36.4 Å². The first-order valence-corrected chi connectivity index (χ1v) is 6.49. The van der Waals surface area contributed by atoms with Crippen LogP contribution in [0.3, 0.4) is 0 Å². The van der Waals surface area contributed by atoms with Gasteiger partial charge in [0.25, 0.3) is 0 Å². The number of fused-ring (bicyclic) bond motifs is 1. The van der Waals surface area contributed by atoms with Crippen LogP contribution in [0.1, 0.15) is 19.3 Å². The maximum absolute atomic E-state index is 5.68. The third kappa shape index (κ3) is 2.59. The summed E-state index contributed by atoms with van der Waals surface area (Å²) >= 11 is 0. The van der Waals surface area contributed by atoms with Crippen molar-refractivity contribution in [2.24, 2.45) is 0 Å². The Morgan fingerprint density at radius 1 is 1.22 bits per heavy atom. The Hall–Kier alpha value is -1.68. The van der Waals surface area contributed by atoms with Gasteiger partial charge in [-0.2, -0.15) is 0 Å². The largest absolute Gasteiger partial charge is 0.376 e. The molecule has 0 amide bonds. The van der Waals surface area contributed by atoms with E-state index >= 15 is 0 Å². The Balaban J connectivity index is 1.66. The van der Waals surface area contributed by atoms with Crippen molar-refractivity contribution < 1.29 is 4.74 Å². The molecule has 0 aliphatic carbocycles. The lowest BCUT2D eigenvalue weighted by atomic mass is 10.1. The maximum atomic E-state index is 5.68. The van der Waals surface area contributed by atoms with Crippen molar-refractivity contribution in [1.82, 2.24) is 9.97 Å². The van der Waals surface area contributed by atoms with E-state index in [0.29, 0.717) is 6.10 Å². The van der Waals surface area contributed by atoms with Crippen LogP contribution < -0.4 is 5.32 Å². The zero-order valence-electron chi connectivity index (χ0n) is 10.3. The van der Waals surface area contributed by atoms with Gasteiger partial charge in [-0.3, -0.25) is 4.98 Å². The van der Waals surface area contributed by atoms with Gasteiger partial charge in [-0.15, -0.1) is 0 Å². The topological polar surface area (TPSA) is 47.0 Å². The molecule has 2 heterocycles. The minimum atomic E-state index is 0.312. The number of ether oxygens (including phenoxy) is 1. The average molecular weight is 243 g/mol. The molecule has 1 fully saturated rings. The molecule has 1 aliphatic rings. The minimum absolute atomic E-state index is 0.312. The van der Waals surface area contributed by atoms with Gasteiger partial charge in [0.1, 0.15) is 5.82 Å². The number of hydrogen-bond acceptors (Lipinski definition) is 4. The first kappa shape index (κ1) is 11.4. The van der Waals surface area contributed by atoms with Gasteiger partial charge in [-0.1, -0.05) is 12.1 Å². The fourth-order valence-corrected chi connectivity index (χ4v) is 2.23. The Kier molecular flexibility index (Phi) is 3.37. The van der Waals surface area contributed by atoms with Gasteiger partial charge in [0.2, 0.25) is 0 Å². The molecule has 0 radical (unpaired) electrons. The molecular formula is C14H17N3O. The second-order valence-electron chi connectivity index (χ2n) is 4.61. The molecule has 4 nitrogen and oxygen atoms in total. The van der Waals surface area contributed by atoms with Crippen LogP contribution in [-0.2, 0) is 4.74 Å². The Morgan fingerprint density at radius 2 is 2.11 bits per heavy atom. The summed E-state index contributed by atoms with van der Waals surface area (Å²) in [6, 6.07) is 7.89. The van der Waals surface area contributed by atoms with Gasteiger partial charge in [0.05, 0.1) is 23.3 Å². The molecule has 2 aromatic rings. The lowest BCUT2D eigenvalue weighted by Gasteiger charge is -2.22. The van der Waals surface area contributed by atoms with Crippen LogP contribution in [0.2, 0.25) is 0 Å². The van der Waals surface area contributed by atoms with Crippen molar-refractivity contribution in [3.05, 3.63) is 30.5 Å². The molecule has 1 saturated heterocycles. The monoisotopic (exact) mass is 243 g/mol. The Bertz CT molecular complexity index is 523. The smallest absolute Gasteiger partial charge is 0.145 e. The van der Waals surface area contributed by atoms with Crippen molar-refractivity contribution in [2.45, 2.75) is 25.4 Å². The van der Waals surface area contributed by atoms with Crippen LogP contribution in [0.4, 0.5) is 5.82 Å². The van der Waals surface area contributed by atoms with Crippen molar-refractivity contribution in [3.8, 4) is 0 Å². The minimum Gasteiger partial charge on any atom is -0.376 e. The number of anilines is 1. The quantitative estimate of drug-likeness (QED) is 0.900. The predicted octanol–water partition coefficient (Wildman–Crippen LogP) is 2.61. The van der Waals surface area contributed by atoms with Gasteiger partial charge < -0.3 is 10.1 Å². The summed E-state index contributed by atoms with van der Waals surface area (Å²) in [5, 5.41) is 3.31. The maximum Gasteiger partial charge on any atom is 0.145 e. The summed E-state index contributed by atoms with van der Waals surface area (Å²) in [6.45, 7) is 1.70. The van der Waals surface area contributed by atoms with Crippen LogP contribution in [0, 0.1) is 0 Å². The van der Waals surface area contributed by atoms with E-state index in [9.17, 15) is 0 Å². The lowest BCUT2D eigenvalue weighted by Crippen LogP contribution is -2.27. The molecule has 0 spiro atoms. The van der Waals surface area contributed by atoms with Gasteiger partial charge in [-0.05, 0) is 31.4 Å². The third-order valence-corrected chi connectivity index (χ3v) is 3.23. The van der Waals surface area contributed by atoms with Gasteiger partial charge >= 0.3 is 0 Å². The number of nitrogens with one attached hydrogen (secondary N) is 1. The molecular weight excluding hydrogens is 226 g/mol. The van der Waals surface area contributed by atoms with Gasteiger partial charge in [0, 0.05) is 13.2 Å². The summed E-state index contributed by atoms with van der Waals surface area (Å²) in [6.07, 6.45) is 5.67. The van der Waals surface area contributed by atoms with Gasteiger partial charge in [0.15, 0.2) is 0 Å². The van der Waals surface area contributed by atoms with E-state index in [1.54, 1.807) is 6.20 Å². The summed E-state index contributed by atoms with van der Waals surface area (Å²) < 4.78 is 5.68.